The molecule has 2 aromatic carbocycles. The van der Waals surface area contributed by atoms with Gasteiger partial charge in [0, 0.05) is 19.6 Å². The Kier molecular flexibility index (Phi) is 6.60. The van der Waals surface area contributed by atoms with E-state index in [-0.39, 0.29) is 0 Å². The molecule has 0 N–H and O–H groups in total. The lowest BCUT2D eigenvalue weighted by Crippen LogP contribution is -2.55. The largest absolute Gasteiger partial charge is 0.379 e. The lowest BCUT2D eigenvalue weighted by molar-refractivity contribution is 0.0359. The summed E-state index contributed by atoms with van der Waals surface area (Å²) in [5, 5.41) is 2.18. The summed E-state index contributed by atoms with van der Waals surface area (Å²) in [5.74, 6) is 0. The molecular formula is C26H32N6OS2. The highest BCUT2D eigenvalue weighted by Crippen LogP contribution is 2.34. The highest BCUT2D eigenvalue weighted by molar-refractivity contribution is 7.22. The molecule has 0 amide bonds. The van der Waals surface area contributed by atoms with Crippen LogP contribution in [-0.4, -0.2) is 79.2 Å². The summed E-state index contributed by atoms with van der Waals surface area (Å²) >= 11 is 3.59. The fourth-order valence-corrected chi connectivity index (χ4v) is 6.96. The summed E-state index contributed by atoms with van der Waals surface area (Å²) in [6.45, 7) is 12.9. The zero-order valence-corrected chi connectivity index (χ0v) is 22.1. The molecule has 0 aliphatic carbocycles. The van der Waals surface area contributed by atoms with Crippen LogP contribution in [0.15, 0.2) is 36.4 Å². The smallest absolute Gasteiger partial charge is 0.188 e. The highest BCUT2D eigenvalue weighted by Gasteiger charge is 2.27. The predicted molar refractivity (Wildman–Crippen MR) is 147 cm³/mol. The van der Waals surface area contributed by atoms with Crippen molar-refractivity contribution in [1.82, 2.24) is 19.8 Å². The minimum Gasteiger partial charge on any atom is -0.379 e. The lowest BCUT2D eigenvalue weighted by atomic mass is 10.2. The van der Waals surface area contributed by atoms with Crippen LogP contribution in [0.25, 0.3) is 20.4 Å². The first-order chi connectivity index (χ1) is 17.1. The predicted octanol–water partition coefficient (Wildman–Crippen LogP) is 4.75. The summed E-state index contributed by atoms with van der Waals surface area (Å²) in [5.41, 5.74) is 4.73. The van der Waals surface area contributed by atoms with E-state index in [1.807, 2.05) is 0 Å². The third-order valence-electron chi connectivity index (χ3n) is 6.74. The zero-order chi connectivity index (χ0) is 23.8. The molecule has 0 saturated carbocycles. The van der Waals surface area contributed by atoms with Gasteiger partial charge in [0.05, 0.1) is 53.7 Å². The molecule has 7 nitrogen and oxygen atoms in total. The number of aryl methyl sites for hydroxylation is 2. The molecule has 0 unspecified atom stereocenters. The van der Waals surface area contributed by atoms with E-state index < -0.39 is 0 Å². The number of hydrogen-bond donors (Lipinski definition) is 0. The molecule has 9 heteroatoms. The lowest BCUT2D eigenvalue weighted by Gasteiger charge is -2.42. The van der Waals surface area contributed by atoms with Gasteiger partial charge in [-0.1, -0.05) is 34.8 Å². The number of hydrogen-bond acceptors (Lipinski definition) is 9. The Balaban J connectivity index is 1.23. The minimum absolute atomic E-state index is 0.803. The van der Waals surface area contributed by atoms with E-state index in [1.165, 1.54) is 20.5 Å². The van der Waals surface area contributed by atoms with Gasteiger partial charge < -0.3 is 14.5 Å². The van der Waals surface area contributed by atoms with Crippen LogP contribution in [0.2, 0.25) is 0 Å². The SMILES string of the molecule is Cc1ccc2nc(N3CN(CCCN4CCOCC4)CN(c4nc5ccc(C)cc5s4)C3)sc2c1. The van der Waals surface area contributed by atoms with Gasteiger partial charge in [0.1, 0.15) is 0 Å². The summed E-state index contributed by atoms with van der Waals surface area (Å²) < 4.78 is 8.02. The van der Waals surface area contributed by atoms with Crippen LogP contribution in [-0.2, 0) is 4.74 Å². The Morgan fingerprint density at radius 1 is 0.743 bits per heavy atom. The number of fused-ring (bicyclic) bond motifs is 2. The molecular weight excluding hydrogens is 476 g/mol. The highest BCUT2D eigenvalue weighted by atomic mass is 32.1. The maximum Gasteiger partial charge on any atom is 0.188 e. The molecule has 184 valence electrons. The number of aromatic nitrogens is 2. The second kappa shape index (κ2) is 9.99. The number of thiazole rings is 2. The van der Waals surface area contributed by atoms with Crippen molar-refractivity contribution >= 4 is 53.4 Å². The molecule has 2 aliphatic rings. The van der Waals surface area contributed by atoms with Gasteiger partial charge in [-0.2, -0.15) is 0 Å². The second-order valence-electron chi connectivity index (χ2n) is 9.64. The topological polar surface area (TPSA) is 48.0 Å². The Labute approximate surface area is 214 Å². The summed E-state index contributed by atoms with van der Waals surface area (Å²) in [4.78, 5) is 19.9. The first-order valence-corrected chi connectivity index (χ1v) is 14.0. The molecule has 2 aliphatic heterocycles. The van der Waals surface area contributed by atoms with E-state index in [1.54, 1.807) is 22.7 Å². The Morgan fingerprint density at radius 3 is 1.86 bits per heavy atom. The Hall–Kier alpha value is -2.30. The molecule has 4 aromatic rings. The van der Waals surface area contributed by atoms with Crippen molar-refractivity contribution in [2.45, 2.75) is 20.3 Å². The van der Waals surface area contributed by atoms with Gasteiger partial charge in [0.25, 0.3) is 0 Å². The van der Waals surface area contributed by atoms with Crippen molar-refractivity contribution in [3.8, 4) is 0 Å². The van der Waals surface area contributed by atoms with E-state index in [0.717, 1.165) is 87.1 Å². The molecule has 0 spiro atoms. The molecule has 35 heavy (non-hydrogen) atoms. The van der Waals surface area contributed by atoms with Crippen LogP contribution in [0.1, 0.15) is 17.5 Å². The van der Waals surface area contributed by atoms with Crippen LogP contribution in [0.3, 0.4) is 0 Å². The van der Waals surface area contributed by atoms with Crippen LogP contribution < -0.4 is 9.80 Å². The normalized spacial score (nSPS) is 18.2. The summed E-state index contributed by atoms with van der Waals surface area (Å²) in [6.07, 6.45) is 1.15. The molecule has 2 fully saturated rings. The van der Waals surface area contributed by atoms with Crippen LogP contribution in [0.5, 0.6) is 0 Å². The summed E-state index contributed by atoms with van der Waals surface area (Å²) in [7, 11) is 0. The number of nitrogens with zero attached hydrogens (tertiary/aromatic N) is 6. The van der Waals surface area contributed by atoms with Crippen molar-refractivity contribution in [3.63, 3.8) is 0 Å². The minimum atomic E-state index is 0.803. The van der Waals surface area contributed by atoms with Gasteiger partial charge in [-0.05, 0) is 62.2 Å². The van der Waals surface area contributed by atoms with Gasteiger partial charge in [-0.25, -0.2) is 9.97 Å². The number of morpholine rings is 1. The van der Waals surface area contributed by atoms with Crippen molar-refractivity contribution < 1.29 is 4.74 Å². The van der Waals surface area contributed by atoms with Gasteiger partial charge in [0.2, 0.25) is 0 Å². The standard InChI is InChI=1S/C26H32N6OS2/c1-19-4-6-21-23(14-19)34-25(27-21)31-16-30(9-3-8-29-10-12-33-13-11-29)17-32(18-31)26-28-22-7-5-20(2)15-24(22)35-26/h4-7,14-15H,3,8-13,16-18H2,1-2H3. The fraction of sp³-hybridized carbons (Fsp3) is 0.462. The maximum atomic E-state index is 5.51. The van der Waals surface area contributed by atoms with Gasteiger partial charge >= 0.3 is 0 Å². The third kappa shape index (κ3) is 5.15. The number of benzene rings is 2. The zero-order valence-electron chi connectivity index (χ0n) is 20.4. The van der Waals surface area contributed by atoms with E-state index >= 15 is 0 Å². The van der Waals surface area contributed by atoms with Crippen molar-refractivity contribution in [3.05, 3.63) is 47.5 Å². The van der Waals surface area contributed by atoms with Crippen molar-refractivity contribution in [2.75, 3.05) is 69.2 Å². The van der Waals surface area contributed by atoms with Crippen molar-refractivity contribution in [2.24, 2.45) is 0 Å². The number of anilines is 2. The average molecular weight is 509 g/mol. The van der Waals surface area contributed by atoms with Crippen LogP contribution in [0.4, 0.5) is 10.3 Å². The number of rotatable bonds is 6. The van der Waals surface area contributed by atoms with E-state index in [2.05, 4.69) is 69.8 Å². The average Bonchev–Trinajstić information content (AvgIpc) is 3.48. The van der Waals surface area contributed by atoms with Crippen LogP contribution in [0, 0.1) is 13.8 Å². The maximum absolute atomic E-state index is 5.51. The van der Waals surface area contributed by atoms with Crippen LogP contribution >= 0.6 is 22.7 Å². The first kappa shape index (κ1) is 23.1. The quantitative estimate of drug-likeness (QED) is 0.373. The third-order valence-corrected chi connectivity index (χ3v) is 8.90. The molecule has 0 atom stereocenters. The summed E-state index contributed by atoms with van der Waals surface area (Å²) in [6, 6.07) is 13.1. The van der Waals surface area contributed by atoms with Gasteiger partial charge in [-0.15, -0.1) is 0 Å². The molecule has 2 saturated heterocycles. The molecule has 0 radical (unpaired) electrons. The van der Waals surface area contributed by atoms with Crippen molar-refractivity contribution in [1.29, 1.82) is 0 Å². The number of ether oxygens (including phenoxy) is 1. The van der Waals surface area contributed by atoms with E-state index in [9.17, 15) is 0 Å². The Morgan fingerprint density at radius 2 is 1.29 bits per heavy atom. The Bertz CT molecular complexity index is 1230. The molecule has 4 heterocycles. The fourth-order valence-electron chi connectivity index (χ4n) is 4.86. The van der Waals surface area contributed by atoms with Gasteiger partial charge in [0.15, 0.2) is 10.3 Å². The molecule has 0 bridgehead atoms. The molecule has 2 aromatic heterocycles. The second-order valence-corrected chi connectivity index (χ2v) is 11.7. The van der Waals surface area contributed by atoms with E-state index in [0.29, 0.717) is 0 Å². The molecule has 6 rings (SSSR count). The monoisotopic (exact) mass is 508 g/mol. The van der Waals surface area contributed by atoms with E-state index in [4.69, 9.17) is 14.7 Å². The van der Waals surface area contributed by atoms with Gasteiger partial charge in [-0.3, -0.25) is 9.80 Å². The first-order valence-electron chi connectivity index (χ1n) is 12.4.